The van der Waals surface area contributed by atoms with Crippen LogP contribution in [0.25, 0.3) is 6.08 Å². The van der Waals surface area contributed by atoms with Crippen LogP contribution in [0.2, 0.25) is 0 Å². The second-order valence-corrected chi connectivity index (χ2v) is 12.3. The van der Waals surface area contributed by atoms with Crippen molar-refractivity contribution >= 4 is 56.9 Å². The first-order valence-corrected chi connectivity index (χ1v) is 13.8. The Hall–Kier alpha value is -3.90. The summed E-state index contributed by atoms with van der Waals surface area (Å²) in [5, 5.41) is 14.8. The molecule has 0 aliphatic carbocycles. The average Bonchev–Trinajstić information content (AvgIpc) is 3.28. The molecule has 0 saturated heterocycles. The van der Waals surface area contributed by atoms with E-state index >= 15 is 0 Å². The Morgan fingerprint density at radius 3 is 1.57 bits per heavy atom. The number of carbonyl (C=O) groups is 1. The van der Waals surface area contributed by atoms with E-state index in [1.165, 1.54) is 11.8 Å². The van der Waals surface area contributed by atoms with Crippen molar-refractivity contribution in [3.05, 3.63) is 132 Å². The Morgan fingerprint density at radius 1 is 0.714 bits per heavy atom. The number of aliphatic imine (C=N–C) groups is 1. The fraction of sp³-hybridized carbons (Fsp3) is 0. The number of amides is 1. The van der Waals surface area contributed by atoms with E-state index in [0.29, 0.717) is 15.2 Å². The zero-order chi connectivity index (χ0) is 24.1. The van der Waals surface area contributed by atoms with Crippen molar-refractivity contribution in [3.63, 3.8) is 0 Å². The molecular weight excluding hydrogens is 467 g/mol. The lowest BCUT2D eigenvalue weighted by Gasteiger charge is -2.30. The normalized spacial score (nSPS) is 14.4. The zero-order valence-electron chi connectivity index (χ0n) is 18.8. The van der Waals surface area contributed by atoms with Crippen LogP contribution in [0.4, 0.5) is 0 Å². The van der Waals surface area contributed by atoms with Gasteiger partial charge in [0.05, 0.1) is 10.2 Å². The van der Waals surface area contributed by atoms with Crippen molar-refractivity contribution in [1.82, 2.24) is 0 Å². The van der Waals surface area contributed by atoms with Crippen LogP contribution in [0.3, 0.4) is 0 Å². The fourth-order valence-corrected chi connectivity index (χ4v) is 9.64. The zero-order valence-corrected chi connectivity index (χ0v) is 20.5. The highest BCUT2D eigenvalue weighted by Gasteiger charge is 2.35. The van der Waals surface area contributed by atoms with E-state index in [0.717, 1.165) is 21.5 Å². The minimum Gasteiger partial charge on any atom is -0.266 e. The van der Waals surface area contributed by atoms with Gasteiger partial charge in [-0.15, -0.1) is 0 Å². The smallest absolute Gasteiger partial charge is 0.266 e. The first-order valence-electron chi connectivity index (χ1n) is 11.1. The second-order valence-electron chi connectivity index (χ2n) is 7.88. The van der Waals surface area contributed by atoms with E-state index in [9.17, 15) is 10.1 Å². The summed E-state index contributed by atoms with van der Waals surface area (Å²) in [5.74, 6) is -0.311. The van der Waals surface area contributed by atoms with Crippen molar-refractivity contribution in [2.75, 3.05) is 0 Å². The molecule has 35 heavy (non-hydrogen) atoms. The molecule has 0 bridgehead atoms. The lowest BCUT2D eigenvalue weighted by atomic mass is 10.2. The monoisotopic (exact) mass is 488 g/mol. The SMILES string of the molecule is N#CC(C1=NC(=O)/C(=C/c2ccccc2)S1)=P(c1ccccc1)(c1ccccc1)c1ccccc1. The Bertz CT molecular complexity index is 1420. The highest BCUT2D eigenvalue weighted by Crippen LogP contribution is 2.48. The number of hydrogen-bond acceptors (Lipinski definition) is 3. The van der Waals surface area contributed by atoms with Crippen LogP contribution in [-0.4, -0.2) is 16.2 Å². The molecule has 0 saturated carbocycles. The van der Waals surface area contributed by atoms with E-state index in [1.807, 2.05) is 91.0 Å². The topological polar surface area (TPSA) is 53.2 Å². The molecule has 1 heterocycles. The highest BCUT2D eigenvalue weighted by molar-refractivity contribution is 8.22. The third-order valence-electron chi connectivity index (χ3n) is 5.79. The lowest BCUT2D eigenvalue weighted by molar-refractivity contribution is -0.113. The standard InChI is InChI=1S/C30H21N2OPS/c31-22-27(30-32-29(33)28(35-30)21-23-13-5-1-6-14-23)34(24-15-7-2-8-16-24,25-17-9-3-10-18-25)26-19-11-4-12-20-26/h1-21H/b28-21-. The molecule has 0 atom stereocenters. The van der Waals surface area contributed by atoms with E-state index in [4.69, 9.17) is 0 Å². The number of thioether (sulfide) groups is 1. The molecule has 1 aliphatic heterocycles. The third-order valence-corrected chi connectivity index (χ3v) is 11.1. The van der Waals surface area contributed by atoms with Crippen LogP contribution in [0.5, 0.6) is 0 Å². The maximum absolute atomic E-state index is 13.0. The van der Waals surface area contributed by atoms with Gasteiger partial charge in [-0.25, -0.2) is 4.99 Å². The van der Waals surface area contributed by atoms with E-state index in [2.05, 4.69) is 47.5 Å². The first-order chi connectivity index (χ1) is 17.2. The Balaban J connectivity index is 1.82. The van der Waals surface area contributed by atoms with Crippen LogP contribution < -0.4 is 15.9 Å². The van der Waals surface area contributed by atoms with Crippen molar-refractivity contribution < 1.29 is 4.79 Å². The molecule has 168 valence electrons. The maximum atomic E-state index is 13.0. The summed E-state index contributed by atoms with van der Waals surface area (Å²) >= 11 is 1.29. The Kier molecular flexibility index (Phi) is 6.64. The molecule has 0 unspecified atom stereocenters. The highest BCUT2D eigenvalue weighted by atomic mass is 32.2. The van der Waals surface area contributed by atoms with Crippen molar-refractivity contribution in [1.29, 1.82) is 5.26 Å². The molecule has 5 heteroatoms. The third kappa shape index (κ3) is 4.33. The molecular formula is C30H21N2OPS. The molecule has 0 N–H and O–H groups in total. The Morgan fingerprint density at radius 2 is 1.14 bits per heavy atom. The average molecular weight is 489 g/mol. The van der Waals surface area contributed by atoms with E-state index in [1.54, 1.807) is 0 Å². The number of carbonyl (C=O) groups excluding carboxylic acids is 1. The summed E-state index contributed by atoms with van der Waals surface area (Å²) in [4.78, 5) is 17.9. The summed E-state index contributed by atoms with van der Waals surface area (Å²) in [6.07, 6.45) is 1.84. The minimum absolute atomic E-state index is 0.311. The molecule has 1 aliphatic rings. The number of benzene rings is 4. The van der Waals surface area contributed by atoms with Gasteiger partial charge >= 0.3 is 0 Å². The number of rotatable bonds is 5. The van der Waals surface area contributed by atoms with E-state index in [-0.39, 0.29) is 5.91 Å². The first kappa shape index (κ1) is 22.9. The van der Waals surface area contributed by atoms with Gasteiger partial charge in [-0.3, -0.25) is 4.79 Å². The summed E-state index contributed by atoms with van der Waals surface area (Å²) in [5.41, 5.74) is 0.925. The minimum atomic E-state index is -2.62. The van der Waals surface area contributed by atoms with E-state index < -0.39 is 6.89 Å². The molecule has 0 radical (unpaired) electrons. The summed E-state index contributed by atoms with van der Waals surface area (Å²) in [7, 11) is 0. The van der Waals surface area contributed by atoms with Gasteiger partial charge in [0, 0.05) is 0 Å². The molecule has 3 nitrogen and oxygen atoms in total. The number of nitrogens with zero attached hydrogens (tertiary/aromatic N) is 2. The van der Waals surface area contributed by atoms with Crippen LogP contribution in [-0.2, 0) is 4.79 Å². The largest absolute Gasteiger partial charge is 0.284 e. The Labute approximate surface area is 209 Å². The fourth-order valence-electron chi connectivity index (χ4n) is 4.27. The van der Waals surface area contributed by atoms with Gasteiger partial charge in [-0.2, -0.15) is 5.26 Å². The molecule has 4 aromatic rings. The molecule has 0 fully saturated rings. The van der Waals surface area contributed by atoms with Crippen LogP contribution in [0.1, 0.15) is 5.56 Å². The van der Waals surface area contributed by atoms with Gasteiger partial charge < -0.3 is 0 Å². The predicted octanol–water partition coefficient (Wildman–Crippen LogP) is 5.39. The van der Waals surface area contributed by atoms with Gasteiger partial charge in [0.15, 0.2) is 0 Å². The van der Waals surface area contributed by atoms with Gasteiger partial charge in [0.25, 0.3) is 5.91 Å². The summed E-state index contributed by atoms with van der Waals surface area (Å²) in [6, 6.07) is 42.6. The van der Waals surface area contributed by atoms with Crippen molar-refractivity contribution in [2.45, 2.75) is 0 Å². The van der Waals surface area contributed by atoms with Crippen LogP contribution >= 0.6 is 18.6 Å². The molecule has 0 aromatic heterocycles. The van der Waals surface area contributed by atoms with Crippen molar-refractivity contribution in [3.8, 4) is 6.07 Å². The quantitative estimate of drug-likeness (QED) is 0.280. The number of nitriles is 1. The second kappa shape index (κ2) is 10.2. The molecule has 4 aromatic carbocycles. The van der Waals surface area contributed by atoms with Gasteiger partial charge in [0.1, 0.15) is 11.1 Å². The lowest BCUT2D eigenvalue weighted by Crippen LogP contribution is -2.32. The van der Waals surface area contributed by atoms with Crippen LogP contribution in [0, 0.1) is 11.3 Å². The van der Waals surface area contributed by atoms with Gasteiger partial charge in [0.2, 0.25) is 0 Å². The number of hydrogen-bond donors (Lipinski definition) is 0. The maximum Gasteiger partial charge on any atom is 0.284 e. The molecule has 0 spiro atoms. The van der Waals surface area contributed by atoms with Gasteiger partial charge in [-0.1, -0.05) is 133 Å². The van der Waals surface area contributed by atoms with Crippen LogP contribution in [0.15, 0.2) is 131 Å². The van der Waals surface area contributed by atoms with Crippen molar-refractivity contribution in [2.24, 2.45) is 4.99 Å². The predicted molar refractivity (Wildman–Crippen MR) is 150 cm³/mol. The molecule has 1 amide bonds. The molecule has 5 rings (SSSR count). The summed E-state index contributed by atoms with van der Waals surface area (Å²) < 4.78 is 0. The van der Waals surface area contributed by atoms with Gasteiger partial charge in [-0.05, 0) is 34.4 Å². The summed E-state index contributed by atoms with van der Waals surface area (Å²) in [6.45, 7) is -2.62.